The molecule has 1 aliphatic heterocycles. The molecule has 4 heteroatoms. The molecular weight excluding hydrogens is 348 g/mol. The van der Waals surface area contributed by atoms with E-state index in [0.717, 1.165) is 44.7 Å². The first-order valence-electron chi connectivity index (χ1n) is 10.9. The Morgan fingerprint density at radius 1 is 1.14 bits per heavy atom. The Labute approximate surface area is 167 Å². The van der Waals surface area contributed by atoms with Crippen LogP contribution in [0.4, 0.5) is 0 Å². The largest absolute Gasteiger partial charge is 0.468 e. The Kier molecular flexibility index (Phi) is 4.75. The van der Waals surface area contributed by atoms with Crippen molar-refractivity contribution in [3.05, 3.63) is 59.5 Å². The monoisotopic (exact) mass is 378 g/mol. The number of piperidine rings is 1. The van der Waals surface area contributed by atoms with Gasteiger partial charge in [-0.1, -0.05) is 24.3 Å². The highest BCUT2D eigenvalue weighted by Crippen LogP contribution is 2.52. The normalized spacial score (nSPS) is 24.1. The zero-order valence-electron chi connectivity index (χ0n) is 16.5. The summed E-state index contributed by atoms with van der Waals surface area (Å²) in [4.78, 5) is 15.1. The summed E-state index contributed by atoms with van der Waals surface area (Å²) in [5.41, 5.74) is 3.18. The van der Waals surface area contributed by atoms with Crippen LogP contribution >= 0.6 is 0 Å². The molecule has 2 fully saturated rings. The van der Waals surface area contributed by atoms with Gasteiger partial charge in [0.05, 0.1) is 12.8 Å². The van der Waals surface area contributed by atoms with Gasteiger partial charge in [0, 0.05) is 12.5 Å². The first-order chi connectivity index (χ1) is 13.7. The minimum Gasteiger partial charge on any atom is -0.468 e. The molecule has 28 heavy (non-hydrogen) atoms. The van der Waals surface area contributed by atoms with E-state index in [4.69, 9.17) is 4.42 Å². The predicted molar refractivity (Wildman–Crippen MR) is 109 cm³/mol. The van der Waals surface area contributed by atoms with Crippen molar-refractivity contribution in [1.82, 2.24) is 10.2 Å². The van der Waals surface area contributed by atoms with E-state index in [1.54, 1.807) is 6.26 Å². The average molecular weight is 379 g/mol. The minimum atomic E-state index is 0.247. The number of amides is 1. The van der Waals surface area contributed by atoms with Crippen molar-refractivity contribution >= 4 is 5.91 Å². The highest BCUT2D eigenvalue weighted by Gasteiger charge is 2.45. The van der Waals surface area contributed by atoms with Gasteiger partial charge in [-0.3, -0.25) is 9.69 Å². The topological polar surface area (TPSA) is 45.5 Å². The molecule has 1 spiro atoms. The number of hydrogen-bond donors (Lipinski definition) is 1. The molecule has 1 saturated carbocycles. The van der Waals surface area contributed by atoms with Crippen LogP contribution in [-0.2, 0) is 16.8 Å². The van der Waals surface area contributed by atoms with Crippen molar-refractivity contribution in [2.75, 3.05) is 13.1 Å². The summed E-state index contributed by atoms with van der Waals surface area (Å²) in [5.74, 6) is 1.66. The van der Waals surface area contributed by atoms with Crippen molar-refractivity contribution in [1.29, 1.82) is 0 Å². The fraction of sp³-hybridized carbons (Fsp3) is 0.542. The van der Waals surface area contributed by atoms with Crippen molar-refractivity contribution < 1.29 is 9.21 Å². The number of furan rings is 1. The highest BCUT2D eigenvalue weighted by atomic mass is 16.3. The summed E-state index contributed by atoms with van der Waals surface area (Å²) < 4.78 is 5.53. The summed E-state index contributed by atoms with van der Waals surface area (Å²) in [6, 6.07) is 13.4. The average Bonchev–Trinajstić information content (AvgIpc) is 3.28. The predicted octanol–water partition coefficient (Wildman–Crippen LogP) is 4.36. The number of rotatable bonds is 5. The van der Waals surface area contributed by atoms with Crippen LogP contribution in [0.15, 0.2) is 47.1 Å². The molecule has 1 saturated heterocycles. The van der Waals surface area contributed by atoms with Crippen LogP contribution in [0.2, 0.25) is 0 Å². The van der Waals surface area contributed by atoms with Gasteiger partial charge in [0.2, 0.25) is 5.91 Å². The molecule has 3 aliphatic rings. The third kappa shape index (κ3) is 3.39. The van der Waals surface area contributed by atoms with Crippen molar-refractivity contribution in [2.24, 2.45) is 0 Å². The van der Waals surface area contributed by atoms with Crippen molar-refractivity contribution in [3.63, 3.8) is 0 Å². The Bertz CT molecular complexity index is 817. The van der Waals surface area contributed by atoms with E-state index in [0.29, 0.717) is 18.4 Å². The van der Waals surface area contributed by atoms with Gasteiger partial charge in [0.15, 0.2) is 0 Å². The third-order valence-electron chi connectivity index (χ3n) is 7.28. The standard InChI is InChI=1S/C24H30N2O2/c27-23(25-19-5-3-6-19)15-18-16-24(22-9-2-1-8-21(18)22)10-12-26(13-11-24)17-20-7-4-14-28-20/h1-2,4,7-9,14,18-19H,3,5-6,10-13,15-17H2,(H,25,27). The molecule has 148 valence electrons. The van der Waals surface area contributed by atoms with E-state index in [-0.39, 0.29) is 11.3 Å². The van der Waals surface area contributed by atoms with Gasteiger partial charge in [-0.05, 0) is 86.2 Å². The fourth-order valence-electron chi connectivity index (χ4n) is 5.51. The maximum absolute atomic E-state index is 12.6. The molecule has 0 bridgehead atoms. The van der Waals surface area contributed by atoms with Crippen LogP contribution in [0, 0.1) is 0 Å². The zero-order chi connectivity index (χ0) is 19.0. The van der Waals surface area contributed by atoms with Crippen LogP contribution in [-0.4, -0.2) is 29.9 Å². The molecule has 2 aromatic rings. The number of nitrogens with one attached hydrogen (secondary N) is 1. The summed E-state index contributed by atoms with van der Waals surface area (Å²) >= 11 is 0. The maximum atomic E-state index is 12.6. The van der Waals surface area contributed by atoms with Gasteiger partial charge < -0.3 is 9.73 Å². The second kappa shape index (κ2) is 7.40. The third-order valence-corrected chi connectivity index (χ3v) is 7.28. The highest BCUT2D eigenvalue weighted by molar-refractivity contribution is 5.77. The summed E-state index contributed by atoms with van der Waals surface area (Å²) in [7, 11) is 0. The number of carbonyl (C=O) groups is 1. The molecule has 5 rings (SSSR count). The lowest BCUT2D eigenvalue weighted by atomic mass is 9.73. The quantitative estimate of drug-likeness (QED) is 0.841. The van der Waals surface area contributed by atoms with E-state index in [1.807, 2.05) is 6.07 Å². The molecule has 1 N–H and O–H groups in total. The molecule has 1 aromatic heterocycles. The summed E-state index contributed by atoms with van der Waals surface area (Å²) in [6.45, 7) is 3.09. The lowest BCUT2D eigenvalue weighted by Crippen LogP contribution is -2.41. The van der Waals surface area contributed by atoms with E-state index >= 15 is 0 Å². The molecular formula is C24H30N2O2. The Morgan fingerprint density at radius 2 is 1.96 bits per heavy atom. The molecule has 2 heterocycles. The van der Waals surface area contributed by atoms with E-state index in [1.165, 1.54) is 30.4 Å². The zero-order valence-corrected chi connectivity index (χ0v) is 16.5. The number of hydrogen-bond acceptors (Lipinski definition) is 3. The van der Waals surface area contributed by atoms with Crippen molar-refractivity contribution in [2.45, 2.75) is 68.9 Å². The number of nitrogens with zero attached hydrogens (tertiary/aromatic N) is 1. The molecule has 0 radical (unpaired) electrons. The summed E-state index contributed by atoms with van der Waals surface area (Å²) in [5, 5.41) is 3.24. The molecule has 4 nitrogen and oxygen atoms in total. The van der Waals surface area contributed by atoms with Gasteiger partial charge in [-0.15, -0.1) is 0 Å². The number of benzene rings is 1. The van der Waals surface area contributed by atoms with Crippen LogP contribution in [0.25, 0.3) is 0 Å². The first-order valence-corrected chi connectivity index (χ1v) is 10.9. The number of fused-ring (bicyclic) bond motifs is 2. The van der Waals surface area contributed by atoms with Crippen molar-refractivity contribution in [3.8, 4) is 0 Å². The Morgan fingerprint density at radius 3 is 2.68 bits per heavy atom. The second-order valence-corrected chi connectivity index (χ2v) is 9.02. The van der Waals surface area contributed by atoms with Gasteiger partial charge in [0.1, 0.15) is 5.76 Å². The van der Waals surface area contributed by atoms with E-state index < -0.39 is 0 Å². The smallest absolute Gasteiger partial charge is 0.220 e. The molecule has 1 unspecified atom stereocenters. The Hall–Kier alpha value is -2.07. The van der Waals surface area contributed by atoms with Crippen LogP contribution in [0.1, 0.15) is 67.8 Å². The van der Waals surface area contributed by atoms with Gasteiger partial charge >= 0.3 is 0 Å². The summed E-state index contributed by atoms with van der Waals surface area (Å²) in [6.07, 6.45) is 9.44. The van der Waals surface area contributed by atoms with Crippen LogP contribution < -0.4 is 5.32 Å². The van der Waals surface area contributed by atoms with Gasteiger partial charge in [-0.2, -0.15) is 0 Å². The van der Waals surface area contributed by atoms with E-state index in [9.17, 15) is 4.79 Å². The van der Waals surface area contributed by atoms with Crippen LogP contribution in [0.5, 0.6) is 0 Å². The van der Waals surface area contributed by atoms with Gasteiger partial charge in [0.25, 0.3) is 0 Å². The minimum absolute atomic E-state index is 0.247. The molecule has 1 aromatic carbocycles. The first kappa shape index (κ1) is 18.0. The number of likely N-dealkylation sites (tertiary alicyclic amines) is 1. The SMILES string of the molecule is O=C(CC1CC2(CCN(Cc3ccco3)CC2)c2ccccc21)NC1CCC1. The molecule has 2 aliphatic carbocycles. The van der Waals surface area contributed by atoms with Crippen LogP contribution in [0.3, 0.4) is 0 Å². The number of carbonyl (C=O) groups excluding carboxylic acids is 1. The fourth-order valence-corrected chi connectivity index (χ4v) is 5.51. The lowest BCUT2D eigenvalue weighted by Gasteiger charge is -2.40. The maximum Gasteiger partial charge on any atom is 0.220 e. The van der Waals surface area contributed by atoms with E-state index in [2.05, 4.69) is 40.5 Å². The Balaban J connectivity index is 1.27. The lowest BCUT2D eigenvalue weighted by molar-refractivity contribution is -0.122. The van der Waals surface area contributed by atoms with Gasteiger partial charge in [-0.25, -0.2) is 0 Å². The molecule has 1 amide bonds. The second-order valence-electron chi connectivity index (χ2n) is 9.02. The molecule has 1 atom stereocenters.